The standard InChI is InChI=1S/C21H18F6N2O/c1-18(2,15-6-4-3-5-7-15)12-19(30,21(25,26)27)13-29-16-9-8-14(11-28)17(10-16)20(22,23)24/h3-10,13,30H,12H2,1-2H3. The number of hydrogen-bond donors (Lipinski definition) is 1. The third-order valence-corrected chi connectivity index (χ3v) is 4.61. The Balaban J connectivity index is 2.44. The van der Waals surface area contributed by atoms with E-state index in [4.69, 9.17) is 5.26 Å². The number of nitrogens with zero attached hydrogens (tertiary/aromatic N) is 2. The SMILES string of the molecule is CC(C)(CC(O)(C=Nc1ccc(C#N)c(C(F)(F)F)c1)C(F)(F)F)c1ccccc1. The summed E-state index contributed by atoms with van der Waals surface area (Å²) in [5.41, 5.74) is -6.45. The van der Waals surface area contributed by atoms with Crippen molar-refractivity contribution in [2.24, 2.45) is 4.99 Å². The lowest BCUT2D eigenvalue weighted by molar-refractivity contribution is -0.234. The molecule has 2 aromatic carbocycles. The van der Waals surface area contributed by atoms with E-state index in [0.29, 0.717) is 11.6 Å². The molecule has 9 heteroatoms. The molecule has 0 spiro atoms. The van der Waals surface area contributed by atoms with Crippen LogP contribution in [0.15, 0.2) is 53.5 Å². The Morgan fingerprint density at radius 2 is 1.60 bits per heavy atom. The second kappa shape index (κ2) is 8.11. The van der Waals surface area contributed by atoms with Crippen molar-refractivity contribution in [3.8, 4) is 6.07 Å². The quantitative estimate of drug-likeness (QED) is 0.473. The van der Waals surface area contributed by atoms with Crippen LogP contribution >= 0.6 is 0 Å². The van der Waals surface area contributed by atoms with Gasteiger partial charge in [0.1, 0.15) is 0 Å². The normalized spacial score (nSPS) is 15.1. The highest BCUT2D eigenvalue weighted by Crippen LogP contribution is 2.41. The molecule has 0 aromatic heterocycles. The van der Waals surface area contributed by atoms with E-state index >= 15 is 0 Å². The Morgan fingerprint density at radius 3 is 2.10 bits per heavy atom. The van der Waals surface area contributed by atoms with Crippen LogP contribution in [0.25, 0.3) is 0 Å². The van der Waals surface area contributed by atoms with Gasteiger partial charge in [-0.05, 0) is 35.6 Å². The average Bonchev–Trinajstić information content (AvgIpc) is 2.65. The van der Waals surface area contributed by atoms with Crippen LogP contribution in [0, 0.1) is 11.3 Å². The fourth-order valence-corrected chi connectivity index (χ4v) is 3.01. The zero-order valence-electron chi connectivity index (χ0n) is 16.0. The van der Waals surface area contributed by atoms with E-state index in [-0.39, 0.29) is 6.21 Å². The fourth-order valence-electron chi connectivity index (χ4n) is 3.01. The zero-order chi connectivity index (χ0) is 22.8. The third-order valence-electron chi connectivity index (χ3n) is 4.61. The first-order valence-electron chi connectivity index (χ1n) is 8.71. The van der Waals surface area contributed by atoms with Gasteiger partial charge in [0.2, 0.25) is 0 Å². The maximum atomic E-state index is 13.7. The van der Waals surface area contributed by atoms with Crippen molar-refractivity contribution in [2.75, 3.05) is 0 Å². The Morgan fingerprint density at radius 1 is 1.00 bits per heavy atom. The third kappa shape index (κ3) is 5.19. The number of nitriles is 1. The van der Waals surface area contributed by atoms with E-state index in [1.807, 2.05) is 0 Å². The van der Waals surface area contributed by atoms with E-state index in [9.17, 15) is 31.4 Å². The number of aliphatic imine (C=N–C) groups is 1. The van der Waals surface area contributed by atoms with Crippen LogP contribution in [0.2, 0.25) is 0 Å². The van der Waals surface area contributed by atoms with Crippen molar-refractivity contribution in [2.45, 2.75) is 43.6 Å². The highest BCUT2D eigenvalue weighted by atomic mass is 19.4. The number of halogens is 6. The molecule has 2 rings (SSSR count). The van der Waals surface area contributed by atoms with E-state index in [1.54, 1.807) is 30.3 Å². The molecule has 0 saturated heterocycles. The van der Waals surface area contributed by atoms with Gasteiger partial charge < -0.3 is 5.11 Å². The van der Waals surface area contributed by atoms with Gasteiger partial charge in [-0.15, -0.1) is 0 Å². The molecule has 0 bridgehead atoms. The summed E-state index contributed by atoms with van der Waals surface area (Å²) in [5, 5.41) is 19.2. The van der Waals surface area contributed by atoms with Crippen molar-refractivity contribution in [1.82, 2.24) is 0 Å². The van der Waals surface area contributed by atoms with Crippen LogP contribution in [-0.4, -0.2) is 23.1 Å². The molecule has 0 fully saturated rings. The number of hydrogen-bond acceptors (Lipinski definition) is 3. The maximum Gasteiger partial charge on any atom is 0.422 e. The van der Waals surface area contributed by atoms with Gasteiger partial charge >= 0.3 is 12.4 Å². The van der Waals surface area contributed by atoms with Crippen molar-refractivity contribution in [1.29, 1.82) is 5.26 Å². The largest absolute Gasteiger partial charge is 0.422 e. The minimum absolute atomic E-state index is 0.208. The molecule has 0 heterocycles. The van der Waals surface area contributed by atoms with Gasteiger partial charge in [0.25, 0.3) is 0 Å². The average molecular weight is 428 g/mol. The fraction of sp³-hybridized carbons (Fsp3) is 0.333. The van der Waals surface area contributed by atoms with Gasteiger partial charge in [0, 0.05) is 6.21 Å². The lowest BCUT2D eigenvalue weighted by atomic mass is 9.75. The summed E-state index contributed by atoms with van der Waals surface area (Å²) < 4.78 is 80.2. The monoisotopic (exact) mass is 428 g/mol. The van der Waals surface area contributed by atoms with Gasteiger partial charge in [0.15, 0.2) is 5.60 Å². The van der Waals surface area contributed by atoms with Crippen molar-refractivity contribution >= 4 is 11.9 Å². The summed E-state index contributed by atoms with van der Waals surface area (Å²) in [5.74, 6) is 0. The lowest BCUT2D eigenvalue weighted by Crippen LogP contribution is -2.50. The Hall–Kier alpha value is -2.86. The molecular formula is C21H18F6N2O. The maximum absolute atomic E-state index is 13.7. The second-order valence-electron chi connectivity index (χ2n) is 7.45. The Labute approximate surface area is 169 Å². The predicted molar refractivity (Wildman–Crippen MR) is 99.4 cm³/mol. The highest BCUT2D eigenvalue weighted by Gasteiger charge is 2.55. The molecule has 0 amide bonds. The molecule has 1 unspecified atom stereocenters. The summed E-state index contributed by atoms with van der Waals surface area (Å²) >= 11 is 0. The van der Waals surface area contributed by atoms with Gasteiger partial charge in [-0.25, -0.2) is 0 Å². The molecule has 0 saturated carbocycles. The van der Waals surface area contributed by atoms with Gasteiger partial charge in [0.05, 0.1) is 22.9 Å². The highest BCUT2D eigenvalue weighted by molar-refractivity contribution is 5.74. The summed E-state index contributed by atoms with van der Waals surface area (Å²) in [4.78, 5) is 3.47. The van der Waals surface area contributed by atoms with Crippen molar-refractivity contribution in [3.05, 3.63) is 65.2 Å². The molecule has 30 heavy (non-hydrogen) atoms. The summed E-state index contributed by atoms with van der Waals surface area (Å²) in [6, 6.07) is 11.8. The second-order valence-corrected chi connectivity index (χ2v) is 7.45. The Kier molecular flexibility index (Phi) is 6.33. The summed E-state index contributed by atoms with van der Waals surface area (Å²) in [6.07, 6.45) is -10.6. The molecule has 3 nitrogen and oxygen atoms in total. The lowest BCUT2D eigenvalue weighted by Gasteiger charge is -2.35. The van der Waals surface area contributed by atoms with Crippen LogP contribution < -0.4 is 0 Å². The topological polar surface area (TPSA) is 56.4 Å². The first kappa shape index (κ1) is 23.4. The molecule has 0 radical (unpaired) electrons. The first-order valence-corrected chi connectivity index (χ1v) is 8.71. The number of benzene rings is 2. The van der Waals surface area contributed by atoms with E-state index in [1.165, 1.54) is 19.9 Å². The predicted octanol–water partition coefficient (Wildman–Crippen LogP) is 5.94. The first-order chi connectivity index (χ1) is 13.7. The Bertz CT molecular complexity index is 958. The van der Waals surface area contributed by atoms with Crippen molar-refractivity contribution < 1.29 is 31.4 Å². The zero-order valence-corrected chi connectivity index (χ0v) is 16.0. The van der Waals surface area contributed by atoms with Crippen LogP contribution in [0.1, 0.15) is 37.0 Å². The van der Waals surface area contributed by atoms with Crippen LogP contribution in [0.5, 0.6) is 0 Å². The summed E-state index contributed by atoms with van der Waals surface area (Å²) in [7, 11) is 0. The minimum atomic E-state index is -5.12. The molecule has 0 aliphatic carbocycles. The van der Waals surface area contributed by atoms with Crippen LogP contribution in [-0.2, 0) is 11.6 Å². The van der Waals surface area contributed by atoms with Crippen LogP contribution in [0.4, 0.5) is 32.0 Å². The summed E-state index contributed by atoms with van der Waals surface area (Å²) in [6.45, 7) is 3.02. The molecule has 2 aromatic rings. The minimum Gasteiger partial charge on any atom is -0.376 e. The smallest absolute Gasteiger partial charge is 0.376 e. The molecule has 160 valence electrons. The number of rotatable bonds is 5. The number of aliphatic hydroxyl groups is 1. The van der Waals surface area contributed by atoms with E-state index < -0.39 is 46.6 Å². The van der Waals surface area contributed by atoms with Gasteiger partial charge in [-0.2, -0.15) is 31.6 Å². The molecule has 1 N–H and O–H groups in total. The van der Waals surface area contributed by atoms with Gasteiger partial charge in [-0.1, -0.05) is 44.2 Å². The number of alkyl halides is 6. The van der Waals surface area contributed by atoms with Crippen molar-refractivity contribution in [3.63, 3.8) is 0 Å². The van der Waals surface area contributed by atoms with E-state index in [2.05, 4.69) is 4.99 Å². The van der Waals surface area contributed by atoms with Crippen LogP contribution in [0.3, 0.4) is 0 Å². The van der Waals surface area contributed by atoms with E-state index in [0.717, 1.165) is 12.1 Å². The molecule has 1 atom stereocenters. The molecule has 0 aliphatic heterocycles. The van der Waals surface area contributed by atoms with Gasteiger partial charge in [-0.3, -0.25) is 4.99 Å². The molecular weight excluding hydrogens is 410 g/mol. The molecule has 0 aliphatic rings.